The Kier molecular flexibility index (Phi) is 13.8. The largest absolute Gasteiger partial charge is 0.497 e. The van der Waals surface area contributed by atoms with Gasteiger partial charge in [-0.2, -0.15) is 0 Å². The molecule has 0 bridgehead atoms. The summed E-state index contributed by atoms with van der Waals surface area (Å²) in [5.41, 5.74) is 0.798. The molecule has 0 unspecified atom stereocenters. The Bertz CT molecular complexity index is 1070. The van der Waals surface area contributed by atoms with Crippen LogP contribution in [-0.4, -0.2) is 91.3 Å². The van der Waals surface area contributed by atoms with Crippen molar-refractivity contribution in [3.8, 4) is 5.75 Å². The van der Waals surface area contributed by atoms with E-state index in [1.807, 2.05) is 39.8 Å². The highest BCUT2D eigenvalue weighted by Gasteiger charge is 2.32. The zero-order valence-electron chi connectivity index (χ0n) is 26.2. The lowest BCUT2D eigenvalue weighted by Crippen LogP contribution is -2.57. The van der Waals surface area contributed by atoms with Crippen molar-refractivity contribution >= 4 is 29.5 Å². The molecule has 1 aliphatic heterocycles. The van der Waals surface area contributed by atoms with Gasteiger partial charge in [0.25, 0.3) is 0 Å². The van der Waals surface area contributed by atoms with Gasteiger partial charge in [-0.15, -0.1) is 0 Å². The number of hydrogen-bond donors (Lipinski definition) is 3. The number of likely N-dealkylation sites (N-methyl/N-ethyl adjacent to an activating group) is 1. The van der Waals surface area contributed by atoms with Crippen LogP contribution < -0.4 is 20.7 Å². The first kappa shape index (κ1) is 34.6. The summed E-state index contributed by atoms with van der Waals surface area (Å²) in [6.45, 7) is 10.4. The van der Waals surface area contributed by atoms with E-state index in [0.717, 1.165) is 5.56 Å². The molecular formula is C31H49N5O6. The number of nitrogens with zero attached hydrogens (tertiary/aromatic N) is 2. The first-order valence-electron chi connectivity index (χ1n) is 14.9. The van der Waals surface area contributed by atoms with Gasteiger partial charge in [-0.1, -0.05) is 39.8 Å². The molecule has 1 aromatic rings. The van der Waals surface area contributed by atoms with E-state index in [-0.39, 0.29) is 42.4 Å². The van der Waals surface area contributed by atoms with Gasteiger partial charge in [-0.3, -0.25) is 24.0 Å². The molecule has 1 fully saturated rings. The molecule has 3 atom stereocenters. The maximum absolute atomic E-state index is 13.7. The third kappa shape index (κ3) is 10.6. The van der Waals surface area contributed by atoms with Gasteiger partial charge in [0.05, 0.1) is 7.11 Å². The van der Waals surface area contributed by atoms with E-state index in [4.69, 9.17) is 4.74 Å². The van der Waals surface area contributed by atoms with Crippen LogP contribution in [0, 0.1) is 11.8 Å². The normalized spacial score (nSPS) is 22.3. The number of ether oxygens (including phenoxy) is 1. The molecular weight excluding hydrogens is 538 g/mol. The first-order chi connectivity index (χ1) is 19.8. The minimum atomic E-state index is -0.966. The van der Waals surface area contributed by atoms with Crippen LogP contribution in [-0.2, 0) is 30.4 Å². The molecule has 0 radical (unpaired) electrons. The van der Waals surface area contributed by atoms with E-state index >= 15 is 0 Å². The van der Waals surface area contributed by atoms with Gasteiger partial charge < -0.3 is 30.5 Å². The van der Waals surface area contributed by atoms with E-state index in [1.54, 1.807) is 31.1 Å². The van der Waals surface area contributed by atoms with Gasteiger partial charge in [-0.25, -0.2) is 0 Å². The summed E-state index contributed by atoms with van der Waals surface area (Å²) < 4.78 is 5.23. The molecule has 11 heteroatoms. The van der Waals surface area contributed by atoms with Crippen molar-refractivity contribution in [2.24, 2.45) is 11.8 Å². The van der Waals surface area contributed by atoms with Crippen molar-refractivity contribution in [1.82, 2.24) is 25.8 Å². The Morgan fingerprint density at radius 1 is 0.952 bits per heavy atom. The summed E-state index contributed by atoms with van der Waals surface area (Å²) in [6.07, 6.45) is 1.69. The summed E-state index contributed by atoms with van der Waals surface area (Å²) in [5.74, 6) is -0.958. The third-order valence-corrected chi connectivity index (χ3v) is 7.42. The van der Waals surface area contributed by atoms with E-state index in [2.05, 4.69) is 16.0 Å². The zero-order valence-corrected chi connectivity index (χ0v) is 26.2. The van der Waals surface area contributed by atoms with Crippen LogP contribution in [0.3, 0.4) is 0 Å². The second-order valence-corrected chi connectivity index (χ2v) is 11.7. The number of benzene rings is 1. The second-order valence-electron chi connectivity index (χ2n) is 11.7. The van der Waals surface area contributed by atoms with E-state index in [9.17, 15) is 24.0 Å². The average molecular weight is 588 g/mol. The fourth-order valence-corrected chi connectivity index (χ4v) is 4.81. The standard InChI is InChI=1S/C31H49N5O6/c1-20(2)18-25-29(39)34-26(19-23-11-13-24(42-7)14-12-23)31(41)35(6)22(5)28(38)32-15-9-17-36(30(40)21(3)4)16-8-10-27(37)33-25/h11-14,20-22,25-26H,8-10,15-19H2,1-7H3,(H,32,38)(H,33,37)(H,34,39)/t22-,25+,26-/m0/s1. The number of nitrogens with one attached hydrogen (secondary N) is 3. The van der Waals surface area contributed by atoms with Crippen LogP contribution in [0.2, 0.25) is 0 Å². The maximum atomic E-state index is 13.7. The smallest absolute Gasteiger partial charge is 0.245 e. The molecule has 0 saturated carbocycles. The SMILES string of the molecule is COc1ccc(C[C@@H]2NC(=O)[C@@H](CC(C)C)NC(=O)CCCN(C(=O)C(C)C)CCCNC(=O)[C@H](C)N(C)C2=O)cc1. The predicted molar refractivity (Wildman–Crippen MR) is 161 cm³/mol. The molecule has 0 aliphatic carbocycles. The number of carbonyl (C=O) groups excluding carboxylic acids is 5. The molecule has 0 spiro atoms. The molecule has 3 N–H and O–H groups in total. The molecule has 1 heterocycles. The van der Waals surface area contributed by atoms with Crippen LogP contribution in [0.5, 0.6) is 5.75 Å². The molecule has 1 aliphatic rings. The average Bonchev–Trinajstić information content (AvgIpc) is 2.95. The monoisotopic (exact) mass is 587 g/mol. The van der Waals surface area contributed by atoms with Crippen LogP contribution >= 0.6 is 0 Å². The topological polar surface area (TPSA) is 137 Å². The Balaban J connectivity index is 2.36. The Hall–Kier alpha value is -3.63. The van der Waals surface area contributed by atoms with E-state index in [0.29, 0.717) is 44.6 Å². The number of amides is 5. The van der Waals surface area contributed by atoms with Gasteiger partial charge in [0, 0.05) is 45.4 Å². The minimum Gasteiger partial charge on any atom is -0.497 e. The predicted octanol–water partition coefficient (Wildman–Crippen LogP) is 1.89. The van der Waals surface area contributed by atoms with E-state index in [1.165, 1.54) is 11.9 Å². The van der Waals surface area contributed by atoms with Crippen LogP contribution in [0.15, 0.2) is 24.3 Å². The second kappa shape index (κ2) is 16.7. The fraction of sp³-hybridized carbons (Fsp3) is 0.645. The molecule has 234 valence electrons. The quantitative estimate of drug-likeness (QED) is 0.465. The third-order valence-electron chi connectivity index (χ3n) is 7.42. The summed E-state index contributed by atoms with van der Waals surface area (Å²) >= 11 is 0. The van der Waals surface area contributed by atoms with Crippen LogP contribution in [0.25, 0.3) is 0 Å². The Labute approximate surface area is 250 Å². The van der Waals surface area contributed by atoms with Crippen molar-refractivity contribution in [3.05, 3.63) is 29.8 Å². The van der Waals surface area contributed by atoms with Crippen molar-refractivity contribution in [1.29, 1.82) is 0 Å². The summed E-state index contributed by atoms with van der Waals surface area (Å²) in [7, 11) is 3.10. The summed E-state index contributed by atoms with van der Waals surface area (Å²) in [6, 6.07) is 4.59. The van der Waals surface area contributed by atoms with Gasteiger partial charge in [-0.05, 0) is 49.8 Å². The van der Waals surface area contributed by atoms with E-state index < -0.39 is 29.9 Å². The molecule has 42 heavy (non-hydrogen) atoms. The number of rotatable bonds is 6. The lowest BCUT2D eigenvalue weighted by atomic mass is 10.00. The number of carbonyl (C=O) groups is 5. The molecule has 0 aromatic heterocycles. The van der Waals surface area contributed by atoms with Crippen molar-refractivity contribution in [3.63, 3.8) is 0 Å². The molecule has 1 aromatic carbocycles. The lowest BCUT2D eigenvalue weighted by molar-refractivity contribution is -0.141. The van der Waals surface area contributed by atoms with Crippen LogP contribution in [0.4, 0.5) is 0 Å². The minimum absolute atomic E-state index is 0.0187. The van der Waals surface area contributed by atoms with Crippen molar-refractivity contribution < 1.29 is 28.7 Å². The molecule has 11 nitrogen and oxygen atoms in total. The fourth-order valence-electron chi connectivity index (χ4n) is 4.81. The Morgan fingerprint density at radius 3 is 2.19 bits per heavy atom. The molecule has 1 saturated heterocycles. The van der Waals surface area contributed by atoms with Gasteiger partial charge in [0.15, 0.2) is 0 Å². The molecule has 5 amide bonds. The summed E-state index contributed by atoms with van der Waals surface area (Å²) in [5, 5.41) is 8.58. The number of methoxy groups -OCH3 is 1. The molecule has 2 rings (SSSR count). The van der Waals surface area contributed by atoms with Gasteiger partial charge in [0.2, 0.25) is 29.5 Å². The highest BCUT2D eigenvalue weighted by atomic mass is 16.5. The van der Waals surface area contributed by atoms with Crippen molar-refractivity contribution in [2.45, 2.75) is 84.8 Å². The van der Waals surface area contributed by atoms with Crippen molar-refractivity contribution in [2.75, 3.05) is 33.8 Å². The highest BCUT2D eigenvalue weighted by molar-refractivity contribution is 5.94. The lowest BCUT2D eigenvalue weighted by Gasteiger charge is -2.30. The zero-order chi connectivity index (χ0) is 31.4. The van der Waals surface area contributed by atoms with Gasteiger partial charge in [0.1, 0.15) is 23.9 Å². The maximum Gasteiger partial charge on any atom is 0.245 e. The van der Waals surface area contributed by atoms with Crippen LogP contribution in [0.1, 0.15) is 65.9 Å². The highest BCUT2D eigenvalue weighted by Crippen LogP contribution is 2.15. The Morgan fingerprint density at radius 2 is 1.60 bits per heavy atom. The first-order valence-corrected chi connectivity index (χ1v) is 14.9. The number of hydrogen-bond acceptors (Lipinski definition) is 6. The summed E-state index contributed by atoms with van der Waals surface area (Å²) in [4.78, 5) is 68.9. The van der Waals surface area contributed by atoms with Gasteiger partial charge >= 0.3 is 0 Å².